The summed E-state index contributed by atoms with van der Waals surface area (Å²) in [5.74, 6) is 0.231. The van der Waals surface area contributed by atoms with Gasteiger partial charge >= 0.3 is 0 Å². The maximum Gasteiger partial charge on any atom is 0.234 e. The first-order chi connectivity index (χ1) is 17.9. The van der Waals surface area contributed by atoms with Gasteiger partial charge in [-0.05, 0) is 36.4 Å². The second kappa shape index (κ2) is 9.78. The Morgan fingerprint density at radius 3 is 1.59 bits per heavy atom. The van der Waals surface area contributed by atoms with E-state index in [2.05, 4.69) is 41.2 Å². The van der Waals surface area contributed by atoms with Gasteiger partial charge in [-0.3, -0.25) is 0 Å². The van der Waals surface area contributed by atoms with Crippen molar-refractivity contribution in [3.63, 3.8) is 0 Å². The Morgan fingerprint density at radius 2 is 1.16 bits per heavy atom. The molecule has 0 radical (unpaired) electrons. The van der Waals surface area contributed by atoms with Gasteiger partial charge in [-0.25, -0.2) is 8.78 Å². The highest BCUT2D eigenvalue weighted by molar-refractivity contribution is 7.17. The molecule has 0 bridgehead atoms. The molecule has 16 heteroatoms. The Hall–Kier alpha value is -3.46. The molecule has 0 saturated carbocycles. The lowest BCUT2D eigenvalue weighted by atomic mass is 10.3. The molecule has 6 rings (SSSR count). The molecular formula is C21H14Cl2F2N10S2. The molecule has 0 aliphatic carbocycles. The number of hydrogen-bond donors (Lipinski definition) is 2. The average molecular weight is 579 g/mol. The molecule has 0 atom stereocenters. The van der Waals surface area contributed by atoms with Crippen molar-refractivity contribution < 1.29 is 8.78 Å². The summed E-state index contributed by atoms with van der Waals surface area (Å²) in [6.07, 6.45) is 0.316. The molecule has 2 N–H and O–H groups in total. The molecule has 0 fully saturated rings. The van der Waals surface area contributed by atoms with Crippen molar-refractivity contribution >= 4 is 67.2 Å². The van der Waals surface area contributed by atoms with Crippen LogP contribution in [0.5, 0.6) is 0 Å². The Morgan fingerprint density at radius 1 is 0.703 bits per heavy atom. The van der Waals surface area contributed by atoms with Crippen molar-refractivity contribution in [2.75, 3.05) is 10.6 Å². The van der Waals surface area contributed by atoms with Crippen LogP contribution in [0.15, 0.2) is 36.4 Å². The van der Waals surface area contributed by atoms with Crippen molar-refractivity contribution in [1.82, 2.24) is 39.6 Å². The molecule has 10 nitrogen and oxygen atoms in total. The third-order valence-corrected chi connectivity index (χ3v) is 7.61. The number of fused-ring (bicyclic) bond motifs is 2. The van der Waals surface area contributed by atoms with Crippen molar-refractivity contribution in [3.05, 3.63) is 79.7 Å². The molecule has 0 amide bonds. The van der Waals surface area contributed by atoms with Crippen LogP contribution in [-0.2, 0) is 19.5 Å². The highest BCUT2D eigenvalue weighted by atomic mass is 35.5. The Labute approximate surface area is 224 Å². The quantitative estimate of drug-likeness (QED) is 0.257. The normalized spacial score (nSPS) is 11.6. The van der Waals surface area contributed by atoms with Crippen LogP contribution in [0.25, 0.3) is 9.92 Å². The average Bonchev–Trinajstić information content (AvgIpc) is 3.64. The highest BCUT2D eigenvalue weighted by Gasteiger charge is 2.18. The van der Waals surface area contributed by atoms with Crippen LogP contribution in [0.4, 0.5) is 20.2 Å². The number of benzene rings is 2. The van der Waals surface area contributed by atoms with E-state index in [0.29, 0.717) is 52.5 Å². The van der Waals surface area contributed by atoms with Gasteiger partial charge in [0.1, 0.15) is 21.6 Å². The highest BCUT2D eigenvalue weighted by Crippen LogP contribution is 2.23. The van der Waals surface area contributed by atoms with Crippen LogP contribution >= 0.6 is 45.9 Å². The molecule has 0 spiro atoms. The number of rotatable bonds is 8. The van der Waals surface area contributed by atoms with Crippen LogP contribution in [0, 0.1) is 11.6 Å². The van der Waals surface area contributed by atoms with E-state index in [9.17, 15) is 8.78 Å². The molecule has 37 heavy (non-hydrogen) atoms. The van der Waals surface area contributed by atoms with Gasteiger partial charge in [0, 0.05) is 11.4 Å². The Balaban J connectivity index is 1.15. The minimum atomic E-state index is -0.473. The molecule has 0 saturated heterocycles. The van der Waals surface area contributed by atoms with Gasteiger partial charge in [-0.1, -0.05) is 45.9 Å². The van der Waals surface area contributed by atoms with Crippen LogP contribution < -0.4 is 10.6 Å². The predicted octanol–water partition coefficient (Wildman–Crippen LogP) is 5.09. The first kappa shape index (κ1) is 23.9. The number of aromatic nitrogens is 8. The predicted molar refractivity (Wildman–Crippen MR) is 138 cm³/mol. The summed E-state index contributed by atoms with van der Waals surface area (Å²) in [7, 11) is 0. The zero-order valence-corrected chi connectivity index (χ0v) is 21.6. The van der Waals surface area contributed by atoms with Gasteiger partial charge in [0.15, 0.2) is 11.6 Å². The van der Waals surface area contributed by atoms with E-state index in [4.69, 9.17) is 23.2 Å². The summed E-state index contributed by atoms with van der Waals surface area (Å²) >= 11 is 14.4. The van der Waals surface area contributed by atoms with Crippen LogP contribution in [0.1, 0.15) is 21.7 Å². The van der Waals surface area contributed by atoms with Crippen LogP contribution in [-0.4, -0.2) is 39.6 Å². The maximum atomic E-state index is 13.4. The van der Waals surface area contributed by atoms with Gasteiger partial charge in [0.2, 0.25) is 9.92 Å². The smallest absolute Gasteiger partial charge is 0.234 e. The number of nitrogens with one attached hydrogen (secondary N) is 2. The van der Waals surface area contributed by atoms with Crippen molar-refractivity contribution in [3.8, 4) is 0 Å². The first-order valence-electron chi connectivity index (χ1n) is 10.7. The van der Waals surface area contributed by atoms with Crippen molar-refractivity contribution in [1.29, 1.82) is 0 Å². The summed E-state index contributed by atoms with van der Waals surface area (Å²) in [6.45, 7) is 0.818. The fraction of sp³-hybridized carbons (Fsp3) is 0.143. The van der Waals surface area contributed by atoms with E-state index in [1.165, 1.54) is 46.9 Å². The van der Waals surface area contributed by atoms with Gasteiger partial charge in [0.25, 0.3) is 0 Å². The monoisotopic (exact) mass is 578 g/mol. The van der Waals surface area contributed by atoms with Gasteiger partial charge < -0.3 is 10.6 Å². The van der Waals surface area contributed by atoms with Gasteiger partial charge in [0.05, 0.1) is 29.6 Å². The van der Waals surface area contributed by atoms with Crippen molar-refractivity contribution in [2.45, 2.75) is 19.5 Å². The van der Waals surface area contributed by atoms with E-state index < -0.39 is 11.6 Å². The topological polar surface area (TPSA) is 110 Å². The summed E-state index contributed by atoms with van der Waals surface area (Å²) < 4.78 is 30.1. The van der Waals surface area contributed by atoms with E-state index >= 15 is 0 Å². The van der Waals surface area contributed by atoms with Crippen LogP contribution in [0.2, 0.25) is 10.0 Å². The second-order valence-electron chi connectivity index (χ2n) is 7.75. The lowest BCUT2D eigenvalue weighted by molar-refractivity contribution is 0.628. The fourth-order valence-electron chi connectivity index (χ4n) is 3.47. The summed E-state index contributed by atoms with van der Waals surface area (Å²) in [5.41, 5.74) is 1.36. The largest absolute Gasteiger partial charge is 0.378 e. The Bertz CT molecular complexity index is 1620. The molecule has 2 aromatic carbocycles. The standard InChI is InChI=1S/C21H14Cl2F2N10S2/c22-12-5-10(1-3-14(12)24)26-8-18-32-34-16(28-30-20(34)36-18)7-17-29-31-21-35(17)33-19(37-21)9-27-11-2-4-15(25)13(23)6-11/h1-6,26-27H,7-9H2. The molecular weight excluding hydrogens is 565 g/mol. The minimum Gasteiger partial charge on any atom is -0.378 e. The second-order valence-corrected chi connectivity index (χ2v) is 10.6. The third-order valence-electron chi connectivity index (χ3n) is 5.24. The lowest BCUT2D eigenvalue weighted by Crippen LogP contribution is -2.05. The molecule has 6 aromatic rings. The lowest BCUT2D eigenvalue weighted by Gasteiger charge is -2.04. The zero-order chi connectivity index (χ0) is 25.5. The molecule has 0 unspecified atom stereocenters. The number of nitrogens with zero attached hydrogens (tertiary/aromatic N) is 8. The van der Waals surface area contributed by atoms with Gasteiger partial charge in [-0.2, -0.15) is 19.2 Å². The molecule has 188 valence electrons. The zero-order valence-electron chi connectivity index (χ0n) is 18.5. The van der Waals surface area contributed by atoms with E-state index in [0.717, 1.165) is 10.0 Å². The van der Waals surface area contributed by atoms with E-state index in [1.807, 2.05) is 0 Å². The first-order valence-corrected chi connectivity index (χ1v) is 13.1. The maximum absolute atomic E-state index is 13.4. The molecule has 4 aromatic heterocycles. The van der Waals surface area contributed by atoms with Crippen molar-refractivity contribution in [2.24, 2.45) is 0 Å². The number of hydrogen-bond acceptors (Lipinski definition) is 10. The summed E-state index contributed by atoms with van der Waals surface area (Å²) in [5, 5.41) is 34.0. The third kappa shape index (κ3) is 4.92. The van der Waals surface area contributed by atoms with E-state index in [1.54, 1.807) is 21.2 Å². The Kier molecular flexibility index (Phi) is 6.32. The summed E-state index contributed by atoms with van der Waals surface area (Å²) in [6, 6.07) is 8.86. The molecule has 0 aliphatic heterocycles. The SMILES string of the molecule is Fc1ccc(NCc2nn3c(Cc4nnc5sc(CNc6ccc(F)c(Cl)c6)nn45)nnc3s2)cc1Cl. The summed E-state index contributed by atoms with van der Waals surface area (Å²) in [4.78, 5) is 1.26. The number of anilines is 2. The molecule has 4 heterocycles. The number of halogens is 4. The van der Waals surface area contributed by atoms with Gasteiger partial charge in [-0.15, -0.1) is 20.4 Å². The fourth-order valence-corrected chi connectivity index (χ4v) is 5.41. The van der Waals surface area contributed by atoms with E-state index in [-0.39, 0.29) is 10.0 Å². The van der Waals surface area contributed by atoms with Crippen LogP contribution in [0.3, 0.4) is 0 Å². The molecule has 0 aliphatic rings. The minimum absolute atomic E-state index is 0.0471.